The number of rotatable bonds is 5. The molecule has 0 aliphatic heterocycles. The first-order valence-electron chi connectivity index (χ1n) is 12.5. The predicted molar refractivity (Wildman–Crippen MR) is 149 cm³/mol. The van der Waals surface area contributed by atoms with Gasteiger partial charge in [0, 0.05) is 11.6 Å². The molecule has 3 aromatic carbocycles. The molecule has 0 bridgehead atoms. The molecule has 0 saturated heterocycles. The fourth-order valence-electron chi connectivity index (χ4n) is 4.93. The van der Waals surface area contributed by atoms with E-state index in [9.17, 15) is 15.2 Å². The summed E-state index contributed by atoms with van der Waals surface area (Å²) in [5, 5.41) is 27.1. The number of hydrogen-bond donors (Lipinski definition) is 2. The van der Waals surface area contributed by atoms with Gasteiger partial charge in [-0.15, -0.1) is 0 Å². The van der Waals surface area contributed by atoms with Crippen molar-refractivity contribution in [1.82, 2.24) is 0 Å². The molecule has 0 aromatic heterocycles. The molecule has 0 aliphatic rings. The number of phenols is 1. The van der Waals surface area contributed by atoms with Gasteiger partial charge in [0.05, 0.1) is 11.0 Å². The van der Waals surface area contributed by atoms with Gasteiger partial charge >= 0.3 is 0 Å². The lowest BCUT2D eigenvalue weighted by Gasteiger charge is -2.38. The first-order valence-corrected chi connectivity index (χ1v) is 12.5. The average Bonchev–Trinajstić information content (AvgIpc) is 2.75. The van der Waals surface area contributed by atoms with E-state index < -0.39 is 0 Å². The third-order valence-corrected chi connectivity index (χ3v) is 6.48. The van der Waals surface area contributed by atoms with Crippen LogP contribution in [0.2, 0.25) is 0 Å². The summed E-state index contributed by atoms with van der Waals surface area (Å²) in [5.74, 6) is 0.334. The molecule has 0 amide bonds. The first-order chi connectivity index (χ1) is 16.5. The summed E-state index contributed by atoms with van der Waals surface area (Å²) >= 11 is 0. The van der Waals surface area contributed by atoms with Crippen LogP contribution in [0.25, 0.3) is 0 Å². The Morgan fingerprint density at radius 2 is 1.31 bits per heavy atom. The Morgan fingerprint density at radius 3 is 1.81 bits per heavy atom. The third kappa shape index (κ3) is 5.56. The molecule has 1 unspecified atom stereocenters. The summed E-state index contributed by atoms with van der Waals surface area (Å²) in [4.78, 5) is 11.5. The number of aromatic hydroxyl groups is 1. The number of nitro groups is 1. The van der Waals surface area contributed by atoms with Crippen LogP contribution in [0, 0.1) is 10.1 Å². The van der Waals surface area contributed by atoms with Crippen molar-refractivity contribution in [2.24, 2.45) is 0 Å². The summed E-state index contributed by atoms with van der Waals surface area (Å²) in [6, 6.07) is 18.5. The monoisotopic (exact) mass is 488 g/mol. The topological polar surface area (TPSA) is 75.4 Å². The third-order valence-electron chi connectivity index (χ3n) is 6.48. The van der Waals surface area contributed by atoms with Crippen LogP contribution in [0.3, 0.4) is 0 Å². The fourth-order valence-corrected chi connectivity index (χ4v) is 4.93. The van der Waals surface area contributed by atoms with E-state index in [0.717, 1.165) is 27.8 Å². The van der Waals surface area contributed by atoms with Gasteiger partial charge in [-0.3, -0.25) is 10.1 Å². The van der Waals surface area contributed by atoms with Crippen LogP contribution in [0.1, 0.15) is 96.2 Å². The van der Waals surface area contributed by atoms with Gasteiger partial charge in [-0.1, -0.05) is 105 Å². The summed E-state index contributed by atoms with van der Waals surface area (Å²) in [7, 11) is 0. The van der Waals surface area contributed by atoms with Crippen molar-refractivity contribution >= 4 is 11.4 Å². The standard InChI is InChI=1S/C31H40N2O3/c1-29(2,3)22-19-21(25(30(4,5)6)26(28(22)34)31(7,8)9)27(20-15-11-10-12-16-20)32-23-17-13-14-18-24(23)33(35)36/h10-19,27,32,34H,1-9H3. The molecule has 5 nitrogen and oxygen atoms in total. The smallest absolute Gasteiger partial charge is 0.292 e. The minimum absolute atomic E-state index is 0.0293. The molecule has 1 atom stereocenters. The minimum atomic E-state index is -0.371. The molecule has 2 N–H and O–H groups in total. The number of anilines is 1. The van der Waals surface area contributed by atoms with Gasteiger partial charge < -0.3 is 10.4 Å². The Labute approximate surface area is 215 Å². The summed E-state index contributed by atoms with van der Waals surface area (Å²) in [6.07, 6.45) is 0. The SMILES string of the molecule is CC(C)(C)c1cc(C(Nc2ccccc2[N+](=O)[O-])c2ccccc2)c(C(C)(C)C)c(C(C)(C)C)c1O. The second-order valence-corrected chi connectivity index (χ2v) is 12.6. The Balaban J connectivity index is 2.47. The number of nitrogens with zero attached hydrogens (tertiary/aromatic N) is 1. The molecule has 0 radical (unpaired) electrons. The second kappa shape index (κ2) is 9.61. The highest BCUT2D eigenvalue weighted by molar-refractivity contribution is 5.66. The number of para-hydroxylation sites is 2. The van der Waals surface area contributed by atoms with Gasteiger partial charge in [0.2, 0.25) is 0 Å². The van der Waals surface area contributed by atoms with E-state index in [1.807, 2.05) is 30.3 Å². The van der Waals surface area contributed by atoms with Crippen molar-refractivity contribution in [3.05, 3.63) is 98.6 Å². The lowest BCUT2D eigenvalue weighted by Crippen LogP contribution is -2.29. The van der Waals surface area contributed by atoms with Gasteiger partial charge in [0.1, 0.15) is 11.4 Å². The average molecular weight is 489 g/mol. The van der Waals surface area contributed by atoms with Crippen molar-refractivity contribution in [2.45, 2.75) is 84.6 Å². The molecular weight excluding hydrogens is 448 g/mol. The minimum Gasteiger partial charge on any atom is -0.507 e. The van der Waals surface area contributed by atoms with Gasteiger partial charge in [0.25, 0.3) is 5.69 Å². The zero-order valence-electron chi connectivity index (χ0n) is 23.1. The van der Waals surface area contributed by atoms with Crippen LogP contribution in [0.4, 0.5) is 11.4 Å². The first kappa shape index (κ1) is 27.3. The van der Waals surface area contributed by atoms with E-state index in [-0.39, 0.29) is 32.9 Å². The van der Waals surface area contributed by atoms with E-state index in [0.29, 0.717) is 11.4 Å². The lowest BCUT2D eigenvalue weighted by atomic mass is 9.68. The molecule has 36 heavy (non-hydrogen) atoms. The van der Waals surface area contributed by atoms with E-state index >= 15 is 0 Å². The lowest BCUT2D eigenvalue weighted by molar-refractivity contribution is -0.384. The number of hydrogen-bond acceptors (Lipinski definition) is 4. The van der Waals surface area contributed by atoms with E-state index in [1.165, 1.54) is 6.07 Å². The summed E-state index contributed by atoms with van der Waals surface area (Å²) in [5.41, 5.74) is 4.39. The molecule has 0 spiro atoms. The molecule has 192 valence electrons. The molecule has 3 rings (SSSR count). The van der Waals surface area contributed by atoms with Crippen LogP contribution in [-0.2, 0) is 16.2 Å². The molecule has 0 heterocycles. The summed E-state index contributed by atoms with van der Waals surface area (Å²) in [6.45, 7) is 19.1. The maximum absolute atomic E-state index is 11.9. The fraction of sp³-hybridized carbons (Fsp3) is 0.419. The maximum Gasteiger partial charge on any atom is 0.292 e. The molecule has 0 saturated carbocycles. The number of nitrogens with one attached hydrogen (secondary N) is 1. The molecule has 3 aromatic rings. The number of nitro benzene ring substituents is 1. The Hall–Kier alpha value is -3.34. The van der Waals surface area contributed by atoms with Crippen molar-refractivity contribution in [1.29, 1.82) is 0 Å². The summed E-state index contributed by atoms with van der Waals surface area (Å²) < 4.78 is 0. The number of phenolic OH excluding ortho intramolecular Hbond substituents is 1. The van der Waals surface area contributed by atoms with Crippen LogP contribution < -0.4 is 5.32 Å². The largest absolute Gasteiger partial charge is 0.507 e. The normalized spacial score (nSPS) is 13.4. The van der Waals surface area contributed by atoms with Crippen molar-refractivity contribution in [2.75, 3.05) is 5.32 Å². The van der Waals surface area contributed by atoms with E-state index in [1.54, 1.807) is 18.2 Å². The van der Waals surface area contributed by atoms with Crippen LogP contribution in [0.5, 0.6) is 5.75 Å². The highest BCUT2D eigenvalue weighted by Gasteiger charge is 2.37. The van der Waals surface area contributed by atoms with Gasteiger partial charge in [-0.05, 0) is 50.6 Å². The van der Waals surface area contributed by atoms with Gasteiger partial charge in [0.15, 0.2) is 0 Å². The van der Waals surface area contributed by atoms with E-state index in [4.69, 9.17) is 0 Å². The Morgan fingerprint density at radius 1 is 0.778 bits per heavy atom. The highest BCUT2D eigenvalue weighted by Crippen LogP contribution is 2.49. The molecule has 0 fully saturated rings. The zero-order chi connectivity index (χ0) is 27.1. The Kier molecular flexibility index (Phi) is 7.27. The number of benzene rings is 3. The van der Waals surface area contributed by atoms with Crippen molar-refractivity contribution in [3.63, 3.8) is 0 Å². The highest BCUT2D eigenvalue weighted by atomic mass is 16.6. The molecule has 0 aliphatic carbocycles. The second-order valence-electron chi connectivity index (χ2n) is 12.6. The van der Waals surface area contributed by atoms with Gasteiger partial charge in [-0.25, -0.2) is 0 Å². The Bertz CT molecular complexity index is 1240. The molecular formula is C31H40N2O3. The van der Waals surface area contributed by atoms with E-state index in [2.05, 4.69) is 73.7 Å². The predicted octanol–water partition coefficient (Wildman–Crippen LogP) is 8.39. The van der Waals surface area contributed by atoms with Gasteiger partial charge in [-0.2, -0.15) is 0 Å². The molecule has 5 heteroatoms. The quantitative estimate of drug-likeness (QED) is 0.279. The van der Waals surface area contributed by atoms with Crippen molar-refractivity contribution in [3.8, 4) is 5.75 Å². The van der Waals surface area contributed by atoms with Crippen molar-refractivity contribution < 1.29 is 10.0 Å². The van der Waals surface area contributed by atoms with Crippen LogP contribution >= 0.6 is 0 Å². The van der Waals surface area contributed by atoms with Crippen LogP contribution in [-0.4, -0.2) is 10.0 Å². The maximum atomic E-state index is 11.9. The zero-order valence-corrected chi connectivity index (χ0v) is 23.1. The van der Waals surface area contributed by atoms with Crippen LogP contribution in [0.15, 0.2) is 60.7 Å².